The number of carbonyl (C=O) groups excluding carboxylic acids is 2. The van der Waals surface area contributed by atoms with Crippen molar-refractivity contribution < 1.29 is 18.8 Å². The first-order valence-electron chi connectivity index (χ1n) is 8.55. The van der Waals surface area contributed by atoms with Crippen LogP contribution in [-0.4, -0.2) is 45.8 Å². The molecule has 2 aliphatic rings. The number of benzene rings is 1. The molecule has 6 nitrogen and oxygen atoms in total. The third-order valence-corrected chi connectivity index (χ3v) is 6.43. The van der Waals surface area contributed by atoms with Gasteiger partial charge in [-0.2, -0.15) is 0 Å². The Balaban J connectivity index is 1.74. The molecule has 2 radical (unpaired) electrons. The molecule has 1 aromatic rings. The number of nitrogens with zero attached hydrogens (tertiary/aromatic N) is 1. The third-order valence-electron chi connectivity index (χ3n) is 4.12. The minimum atomic E-state index is -0.575. The summed E-state index contributed by atoms with van der Waals surface area (Å²) in [6.07, 6.45) is -0.745. The summed E-state index contributed by atoms with van der Waals surface area (Å²) in [5.41, 5.74) is 0.881. The Hall–Kier alpha value is -1.51. The molecule has 8 heteroatoms. The summed E-state index contributed by atoms with van der Waals surface area (Å²) in [4.78, 5) is 26.6. The van der Waals surface area contributed by atoms with Crippen LogP contribution in [0.25, 0.3) is 0 Å². The van der Waals surface area contributed by atoms with Crippen LogP contribution in [0.4, 0.5) is 16.2 Å². The normalized spacial score (nSPS) is 20.7. The minimum absolute atomic E-state index is 0.0285. The smallest absolute Gasteiger partial charge is 0.414 e. The summed E-state index contributed by atoms with van der Waals surface area (Å²) in [7, 11) is 0.311. The number of thioether (sulfide) groups is 1. The molecule has 1 N–H and O–H groups in total. The number of hydrogen-bond donors (Lipinski definition) is 1. The number of nitrogens with one attached hydrogen (secondary N) is 1. The highest BCUT2D eigenvalue weighted by Crippen LogP contribution is 2.37. The Labute approximate surface area is 160 Å². The van der Waals surface area contributed by atoms with Crippen molar-refractivity contribution >= 4 is 44.9 Å². The van der Waals surface area contributed by atoms with Crippen molar-refractivity contribution in [2.75, 3.05) is 22.5 Å². The number of carbonyl (C=O) groups is 2. The number of amides is 2. The van der Waals surface area contributed by atoms with E-state index in [1.165, 1.54) is 11.8 Å². The molecule has 1 fully saturated rings. The van der Waals surface area contributed by atoms with Crippen LogP contribution in [0.5, 0.6) is 0 Å². The van der Waals surface area contributed by atoms with Gasteiger partial charge >= 0.3 is 6.09 Å². The van der Waals surface area contributed by atoms with Crippen molar-refractivity contribution in [2.45, 2.75) is 56.3 Å². The molecule has 26 heavy (non-hydrogen) atoms. The second kappa shape index (κ2) is 6.90. The summed E-state index contributed by atoms with van der Waals surface area (Å²) in [5.74, 6) is 0.388. The fourth-order valence-electron chi connectivity index (χ4n) is 2.62. The maximum atomic E-state index is 12.4. The first-order valence-corrected chi connectivity index (χ1v) is 10.4. The van der Waals surface area contributed by atoms with E-state index in [9.17, 15) is 9.59 Å². The molecular weight excluding hydrogens is 368 g/mol. The molecule has 3 rings (SSSR count). The first kappa shape index (κ1) is 19.3. The average Bonchev–Trinajstić information content (AvgIpc) is 2.94. The first-order chi connectivity index (χ1) is 12.0. The van der Waals surface area contributed by atoms with E-state index in [1.54, 1.807) is 4.90 Å². The van der Waals surface area contributed by atoms with Gasteiger partial charge in [0.15, 0.2) is 0 Å². The molecular formula is C18H24N2O4SSi. The van der Waals surface area contributed by atoms with Crippen molar-refractivity contribution in [3.05, 3.63) is 18.2 Å². The van der Waals surface area contributed by atoms with Crippen LogP contribution >= 0.6 is 11.8 Å². The van der Waals surface area contributed by atoms with E-state index in [0.29, 0.717) is 27.7 Å². The van der Waals surface area contributed by atoms with Crippen LogP contribution in [0, 0.1) is 0 Å². The molecule has 0 spiro atoms. The fraction of sp³-hybridized carbons (Fsp3) is 0.556. The van der Waals surface area contributed by atoms with Crippen molar-refractivity contribution in [3.63, 3.8) is 0 Å². The number of fused-ring (bicyclic) bond motifs is 1. The van der Waals surface area contributed by atoms with Gasteiger partial charge in [0.1, 0.15) is 6.10 Å². The molecule has 0 saturated carbocycles. The van der Waals surface area contributed by atoms with Gasteiger partial charge in [-0.15, -0.1) is 11.8 Å². The van der Waals surface area contributed by atoms with Crippen molar-refractivity contribution in [2.24, 2.45) is 0 Å². The van der Waals surface area contributed by atoms with Gasteiger partial charge in [0.05, 0.1) is 23.6 Å². The summed E-state index contributed by atoms with van der Waals surface area (Å²) >= 11 is 1.50. The van der Waals surface area contributed by atoms with Gasteiger partial charge in [-0.05, 0) is 37.1 Å². The van der Waals surface area contributed by atoms with Crippen LogP contribution in [0.15, 0.2) is 23.1 Å². The molecule has 2 aliphatic heterocycles. The lowest BCUT2D eigenvalue weighted by Gasteiger charge is -2.32. The second-order valence-corrected chi connectivity index (χ2v) is 11.0. The summed E-state index contributed by atoms with van der Waals surface area (Å²) in [5, 5.41) is 2.92. The number of cyclic esters (lactones) is 1. The van der Waals surface area contributed by atoms with Crippen LogP contribution in [0.2, 0.25) is 5.04 Å². The summed E-state index contributed by atoms with van der Waals surface area (Å²) in [6.45, 7) is 10.7. The topological polar surface area (TPSA) is 67.9 Å². The third kappa shape index (κ3) is 4.24. The second-order valence-electron chi connectivity index (χ2n) is 8.06. The van der Waals surface area contributed by atoms with Crippen molar-refractivity contribution in [1.82, 2.24) is 0 Å². The quantitative estimate of drug-likeness (QED) is 0.792. The van der Waals surface area contributed by atoms with Crippen LogP contribution in [0.1, 0.15) is 34.6 Å². The highest BCUT2D eigenvalue weighted by atomic mass is 32.2. The highest BCUT2D eigenvalue weighted by molar-refractivity contribution is 8.00. The summed E-state index contributed by atoms with van der Waals surface area (Å²) in [6, 6.07) is 5.64. The molecule has 0 aromatic heterocycles. The zero-order chi connectivity index (χ0) is 19.1. The molecule has 2 heterocycles. The number of ether oxygens (including phenoxy) is 1. The lowest BCUT2D eigenvalue weighted by Crippen LogP contribution is -2.43. The van der Waals surface area contributed by atoms with Crippen molar-refractivity contribution in [3.8, 4) is 0 Å². The lowest BCUT2D eigenvalue weighted by atomic mass is 10.0. The van der Waals surface area contributed by atoms with Crippen LogP contribution < -0.4 is 10.2 Å². The molecule has 1 atom stereocenters. The highest BCUT2D eigenvalue weighted by Gasteiger charge is 2.43. The predicted octanol–water partition coefficient (Wildman–Crippen LogP) is 3.69. The van der Waals surface area contributed by atoms with E-state index >= 15 is 0 Å². The molecule has 0 bridgehead atoms. The van der Waals surface area contributed by atoms with E-state index in [-0.39, 0.29) is 23.1 Å². The largest absolute Gasteiger partial charge is 0.441 e. The lowest BCUT2D eigenvalue weighted by molar-refractivity contribution is -0.113. The molecule has 2 amide bonds. The van der Waals surface area contributed by atoms with E-state index in [2.05, 4.69) is 26.1 Å². The minimum Gasteiger partial charge on any atom is -0.441 e. The fourth-order valence-corrected chi connectivity index (χ4v) is 4.11. The van der Waals surface area contributed by atoms with Gasteiger partial charge in [-0.1, -0.05) is 20.8 Å². The van der Waals surface area contributed by atoms with Gasteiger partial charge in [-0.25, -0.2) is 4.79 Å². The Morgan fingerprint density at radius 1 is 1.27 bits per heavy atom. The van der Waals surface area contributed by atoms with Gasteiger partial charge in [0.2, 0.25) is 15.7 Å². The predicted molar refractivity (Wildman–Crippen MR) is 104 cm³/mol. The van der Waals surface area contributed by atoms with E-state index in [4.69, 9.17) is 9.16 Å². The SMILES string of the molecule is CC(C)(C)[Si]OC(C)(C)[C@@H]1CN(c2ccc3c(c2)NC(=O)CS3)C(=O)O1. The van der Waals surface area contributed by atoms with Gasteiger partial charge in [0, 0.05) is 10.6 Å². The average molecular weight is 393 g/mol. The zero-order valence-corrected chi connectivity index (χ0v) is 17.5. The Morgan fingerprint density at radius 2 is 2.00 bits per heavy atom. The monoisotopic (exact) mass is 392 g/mol. The maximum absolute atomic E-state index is 12.4. The van der Waals surface area contributed by atoms with Crippen LogP contribution in [0.3, 0.4) is 0 Å². The Morgan fingerprint density at radius 3 is 2.69 bits per heavy atom. The number of hydrogen-bond acceptors (Lipinski definition) is 5. The van der Waals surface area contributed by atoms with E-state index < -0.39 is 5.60 Å². The molecule has 140 valence electrons. The maximum Gasteiger partial charge on any atom is 0.414 e. The van der Waals surface area contributed by atoms with Gasteiger partial charge in [0.25, 0.3) is 0 Å². The number of anilines is 2. The van der Waals surface area contributed by atoms with E-state index in [0.717, 1.165) is 10.6 Å². The number of rotatable bonds is 4. The summed E-state index contributed by atoms with van der Waals surface area (Å²) < 4.78 is 11.7. The van der Waals surface area contributed by atoms with Crippen molar-refractivity contribution in [1.29, 1.82) is 0 Å². The standard InChI is InChI=1S/C18H24N2O4SSi/c1-17(2,3)26-24-18(4,5)14-9-20(16(22)23-14)11-6-7-13-12(8-11)19-15(21)10-25-13/h6-8,14H,9-10H2,1-5H3,(H,19,21)/t14-/m0/s1. The van der Waals surface area contributed by atoms with Crippen LogP contribution in [-0.2, 0) is 14.0 Å². The Bertz CT molecular complexity index is 732. The molecule has 0 aliphatic carbocycles. The molecule has 1 aromatic carbocycles. The molecule has 0 unspecified atom stereocenters. The zero-order valence-electron chi connectivity index (χ0n) is 15.7. The van der Waals surface area contributed by atoms with Gasteiger partial charge in [-0.3, -0.25) is 9.69 Å². The van der Waals surface area contributed by atoms with E-state index in [1.807, 2.05) is 32.0 Å². The van der Waals surface area contributed by atoms with Gasteiger partial charge < -0.3 is 14.5 Å². The Kier molecular flexibility index (Phi) is 5.11. The molecule has 1 saturated heterocycles.